The number of piperidine rings is 1. The van der Waals surface area contributed by atoms with E-state index < -0.39 is 0 Å². The molecule has 2 fully saturated rings. The van der Waals surface area contributed by atoms with Crippen LogP contribution in [0.2, 0.25) is 5.02 Å². The molecule has 200 valence electrons. The van der Waals surface area contributed by atoms with Gasteiger partial charge in [0.15, 0.2) is 0 Å². The fraction of sp³-hybridized carbons (Fsp3) is 0.548. The maximum atomic E-state index is 14.0. The molecular weight excluding hydrogens is 482 g/mol. The SMILES string of the molecule is CNC1CCCC([C@H]2C(C(=O)Nc3cccc(C(C)(C)C)c3)CCCN2C(=O)c2ccc(Cl)cc2C)C1. The number of rotatable bonds is 5. The van der Waals surface area contributed by atoms with E-state index in [-0.39, 0.29) is 35.1 Å². The maximum absolute atomic E-state index is 14.0. The molecule has 1 aliphatic carbocycles. The van der Waals surface area contributed by atoms with Gasteiger partial charge in [0.2, 0.25) is 5.91 Å². The van der Waals surface area contributed by atoms with Crippen molar-refractivity contribution in [3.05, 3.63) is 64.2 Å². The molecule has 4 rings (SSSR count). The highest BCUT2D eigenvalue weighted by Gasteiger charge is 2.44. The monoisotopic (exact) mass is 523 g/mol. The Balaban J connectivity index is 1.65. The quantitative estimate of drug-likeness (QED) is 0.465. The third-order valence-electron chi connectivity index (χ3n) is 8.30. The van der Waals surface area contributed by atoms with Crippen LogP contribution in [0.25, 0.3) is 0 Å². The normalized spacial score (nSPS) is 24.5. The zero-order chi connectivity index (χ0) is 26.7. The summed E-state index contributed by atoms with van der Waals surface area (Å²) in [5, 5.41) is 7.30. The van der Waals surface area contributed by atoms with Crippen molar-refractivity contribution in [2.45, 2.75) is 83.7 Å². The zero-order valence-electron chi connectivity index (χ0n) is 22.9. The number of aryl methyl sites for hydroxylation is 1. The van der Waals surface area contributed by atoms with E-state index in [1.807, 2.05) is 43.1 Å². The highest BCUT2D eigenvalue weighted by Crippen LogP contribution is 2.39. The number of carbonyl (C=O) groups is 2. The molecule has 2 aromatic carbocycles. The van der Waals surface area contributed by atoms with Crippen LogP contribution in [-0.2, 0) is 10.2 Å². The largest absolute Gasteiger partial charge is 0.335 e. The highest BCUT2D eigenvalue weighted by molar-refractivity contribution is 6.30. The summed E-state index contributed by atoms with van der Waals surface area (Å²) < 4.78 is 0. The van der Waals surface area contributed by atoms with Gasteiger partial charge >= 0.3 is 0 Å². The fourth-order valence-electron chi connectivity index (χ4n) is 6.24. The first kappa shape index (κ1) is 27.7. The van der Waals surface area contributed by atoms with Crippen LogP contribution in [0.4, 0.5) is 5.69 Å². The Morgan fingerprint density at radius 3 is 2.51 bits per heavy atom. The lowest BCUT2D eigenvalue weighted by Crippen LogP contribution is -2.56. The molecule has 2 N–H and O–H groups in total. The van der Waals surface area contributed by atoms with Crippen LogP contribution in [0.1, 0.15) is 80.8 Å². The molecule has 2 aliphatic rings. The van der Waals surface area contributed by atoms with Gasteiger partial charge in [-0.25, -0.2) is 0 Å². The summed E-state index contributed by atoms with van der Waals surface area (Å²) in [5.74, 6) is 0.0647. The Labute approximate surface area is 227 Å². The lowest BCUT2D eigenvalue weighted by Gasteiger charge is -2.47. The van der Waals surface area contributed by atoms with E-state index in [4.69, 9.17) is 11.6 Å². The van der Waals surface area contributed by atoms with Crippen molar-refractivity contribution < 1.29 is 9.59 Å². The third kappa shape index (κ3) is 6.38. The molecule has 1 saturated heterocycles. The number of halogens is 1. The van der Waals surface area contributed by atoms with Gasteiger partial charge in [-0.1, -0.05) is 50.9 Å². The van der Waals surface area contributed by atoms with E-state index in [2.05, 4.69) is 43.5 Å². The van der Waals surface area contributed by atoms with Gasteiger partial charge in [0.05, 0.1) is 5.92 Å². The number of anilines is 1. The molecular formula is C31H42ClN3O2. The standard InChI is InChI=1S/C31H42ClN3O2/c1-20-17-23(32)14-15-26(20)30(37)35-16-8-13-27(28(35)21-9-6-11-24(18-21)33-5)29(36)34-25-12-7-10-22(19-25)31(2,3)4/h7,10,12,14-15,17,19,21,24,27-28,33H,6,8-9,11,13,16,18H2,1-5H3,(H,34,36)/t21?,24?,27?,28-/m0/s1. The Hall–Kier alpha value is -2.37. The average molecular weight is 524 g/mol. The number of benzene rings is 2. The lowest BCUT2D eigenvalue weighted by atomic mass is 9.72. The maximum Gasteiger partial charge on any atom is 0.254 e. The van der Waals surface area contributed by atoms with Gasteiger partial charge in [0.25, 0.3) is 5.91 Å². The minimum Gasteiger partial charge on any atom is -0.335 e. The first-order valence-corrected chi connectivity index (χ1v) is 14.1. The van der Waals surface area contributed by atoms with Gasteiger partial charge in [-0.05, 0) is 98.9 Å². The van der Waals surface area contributed by atoms with Crippen LogP contribution in [0.3, 0.4) is 0 Å². The Morgan fingerprint density at radius 2 is 1.81 bits per heavy atom. The molecule has 1 saturated carbocycles. The summed E-state index contributed by atoms with van der Waals surface area (Å²) in [6.07, 6.45) is 5.87. The van der Waals surface area contributed by atoms with E-state index in [9.17, 15) is 9.59 Å². The van der Waals surface area contributed by atoms with Gasteiger partial charge in [-0.2, -0.15) is 0 Å². The van der Waals surface area contributed by atoms with E-state index in [1.165, 1.54) is 5.56 Å². The topological polar surface area (TPSA) is 61.4 Å². The Morgan fingerprint density at radius 1 is 1.03 bits per heavy atom. The molecule has 0 aromatic heterocycles. The zero-order valence-corrected chi connectivity index (χ0v) is 23.7. The van der Waals surface area contributed by atoms with Crippen molar-refractivity contribution in [2.75, 3.05) is 18.9 Å². The second kappa shape index (κ2) is 11.6. The number of likely N-dealkylation sites (tertiary alicyclic amines) is 1. The van der Waals surface area contributed by atoms with Crippen LogP contribution < -0.4 is 10.6 Å². The minimum atomic E-state index is -0.246. The number of hydrogen-bond acceptors (Lipinski definition) is 3. The van der Waals surface area contributed by atoms with Gasteiger partial charge in [-0.3, -0.25) is 9.59 Å². The van der Waals surface area contributed by atoms with Crippen molar-refractivity contribution in [2.24, 2.45) is 11.8 Å². The average Bonchev–Trinajstić information content (AvgIpc) is 2.87. The molecule has 0 spiro atoms. The van der Waals surface area contributed by atoms with Crippen LogP contribution in [0, 0.1) is 18.8 Å². The number of nitrogens with one attached hydrogen (secondary N) is 2. The molecule has 1 heterocycles. The van der Waals surface area contributed by atoms with Crippen LogP contribution in [0.15, 0.2) is 42.5 Å². The highest BCUT2D eigenvalue weighted by atomic mass is 35.5. The van der Waals surface area contributed by atoms with Crippen LogP contribution in [-0.4, -0.2) is 42.4 Å². The summed E-state index contributed by atoms with van der Waals surface area (Å²) in [6.45, 7) is 9.13. The second-order valence-electron chi connectivity index (χ2n) is 11.9. The number of hydrogen-bond donors (Lipinski definition) is 2. The molecule has 4 atom stereocenters. The summed E-state index contributed by atoms with van der Waals surface area (Å²) >= 11 is 6.19. The van der Waals surface area contributed by atoms with E-state index in [1.54, 1.807) is 6.07 Å². The summed E-state index contributed by atoms with van der Waals surface area (Å²) in [6, 6.07) is 13.9. The fourth-order valence-corrected chi connectivity index (χ4v) is 6.47. The van der Waals surface area contributed by atoms with Crippen molar-refractivity contribution in [1.82, 2.24) is 10.2 Å². The first-order chi connectivity index (χ1) is 17.6. The molecule has 0 radical (unpaired) electrons. The molecule has 2 amide bonds. The number of amides is 2. The van der Waals surface area contributed by atoms with Gasteiger partial charge in [0, 0.05) is 34.9 Å². The summed E-state index contributed by atoms with van der Waals surface area (Å²) in [5.41, 5.74) is 3.56. The second-order valence-corrected chi connectivity index (χ2v) is 12.4. The smallest absolute Gasteiger partial charge is 0.254 e. The van der Waals surface area contributed by atoms with Gasteiger partial charge in [0.1, 0.15) is 0 Å². The summed E-state index contributed by atoms with van der Waals surface area (Å²) in [4.78, 5) is 29.8. The molecule has 3 unspecified atom stereocenters. The minimum absolute atomic E-state index is 0.00195. The third-order valence-corrected chi connectivity index (χ3v) is 8.54. The summed E-state index contributed by atoms with van der Waals surface area (Å²) in [7, 11) is 2.01. The van der Waals surface area contributed by atoms with Crippen molar-refractivity contribution >= 4 is 29.1 Å². The molecule has 1 aliphatic heterocycles. The van der Waals surface area contributed by atoms with E-state index >= 15 is 0 Å². The predicted molar refractivity (Wildman–Crippen MR) is 152 cm³/mol. The van der Waals surface area contributed by atoms with E-state index in [0.29, 0.717) is 23.2 Å². The molecule has 0 bridgehead atoms. The predicted octanol–water partition coefficient (Wildman–Crippen LogP) is 6.58. The first-order valence-electron chi connectivity index (χ1n) is 13.7. The van der Waals surface area contributed by atoms with Crippen molar-refractivity contribution in [1.29, 1.82) is 0 Å². The van der Waals surface area contributed by atoms with E-state index in [0.717, 1.165) is 49.8 Å². The molecule has 2 aromatic rings. The van der Waals surface area contributed by atoms with Crippen LogP contribution >= 0.6 is 11.6 Å². The van der Waals surface area contributed by atoms with Gasteiger partial charge in [-0.15, -0.1) is 0 Å². The molecule has 37 heavy (non-hydrogen) atoms. The molecule has 5 nitrogen and oxygen atoms in total. The van der Waals surface area contributed by atoms with Crippen molar-refractivity contribution in [3.63, 3.8) is 0 Å². The van der Waals surface area contributed by atoms with Crippen molar-refractivity contribution in [3.8, 4) is 0 Å². The number of nitrogens with zero attached hydrogens (tertiary/aromatic N) is 1. The number of carbonyl (C=O) groups excluding carboxylic acids is 2. The lowest BCUT2D eigenvalue weighted by molar-refractivity contribution is -0.124. The Bertz CT molecular complexity index is 1130. The Kier molecular flexibility index (Phi) is 8.65. The van der Waals surface area contributed by atoms with Gasteiger partial charge < -0.3 is 15.5 Å². The molecule has 6 heteroatoms. The van der Waals surface area contributed by atoms with Crippen LogP contribution in [0.5, 0.6) is 0 Å².